The summed E-state index contributed by atoms with van der Waals surface area (Å²) in [6, 6.07) is 9.76. The summed E-state index contributed by atoms with van der Waals surface area (Å²) in [5, 5.41) is 13.5. The Morgan fingerprint density at radius 3 is 2.97 bits per heavy atom. The van der Waals surface area contributed by atoms with E-state index >= 15 is 0 Å². The van der Waals surface area contributed by atoms with E-state index in [-0.39, 0.29) is 11.4 Å². The van der Waals surface area contributed by atoms with Gasteiger partial charge >= 0.3 is 5.97 Å². The van der Waals surface area contributed by atoms with Crippen molar-refractivity contribution in [3.8, 4) is 5.75 Å². The van der Waals surface area contributed by atoms with Gasteiger partial charge in [0.1, 0.15) is 23.9 Å². The number of aromatic carboxylic acids is 1. The smallest absolute Gasteiger partial charge is 0.335 e. The molecule has 2 N–H and O–H groups in total. The molecule has 0 unspecified atom stereocenters. The van der Waals surface area contributed by atoms with Gasteiger partial charge < -0.3 is 19.7 Å². The number of nitrogens with zero attached hydrogens (tertiary/aromatic N) is 2. The molecule has 0 atom stereocenters. The van der Waals surface area contributed by atoms with Crippen molar-refractivity contribution >= 4 is 34.5 Å². The lowest BCUT2D eigenvalue weighted by atomic mass is 10.1. The normalized spacial score (nSPS) is 15.9. The molecule has 7 heteroatoms. The Labute approximate surface area is 166 Å². The van der Waals surface area contributed by atoms with Gasteiger partial charge in [-0.3, -0.25) is 4.99 Å². The fourth-order valence-electron chi connectivity index (χ4n) is 3.72. The zero-order valence-corrected chi connectivity index (χ0v) is 15.7. The van der Waals surface area contributed by atoms with Crippen LogP contribution in [0.15, 0.2) is 41.4 Å². The second kappa shape index (κ2) is 6.92. The molecule has 148 valence electrons. The number of anilines is 1. The lowest BCUT2D eigenvalue weighted by Crippen LogP contribution is -2.18. The van der Waals surface area contributed by atoms with E-state index in [1.54, 1.807) is 12.3 Å². The van der Waals surface area contributed by atoms with Crippen molar-refractivity contribution in [2.75, 3.05) is 18.5 Å². The van der Waals surface area contributed by atoms with Crippen LogP contribution in [0.2, 0.25) is 0 Å². The van der Waals surface area contributed by atoms with Crippen LogP contribution in [0.5, 0.6) is 5.75 Å². The first-order valence-electron chi connectivity index (χ1n) is 9.69. The predicted molar refractivity (Wildman–Crippen MR) is 109 cm³/mol. The van der Waals surface area contributed by atoms with Crippen molar-refractivity contribution in [2.24, 2.45) is 10.9 Å². The van der Waals surface area contributed by atoms with E-state index in [1.165, 1.54) is 37.1 Å². The monoisotopic (exact) mass is 393 g/mol. The van der Waals surface area contributed by atoms with Gasteiger partial charge in [0, 0.05) is 24.0 Å². The maximum Gasteiger partial charge on any atom is 0.335 e. The molecule has 3 aromatic rings. The Morgan fingerprint density at radius 1 is 1.31 bits per heavy atom. The highest BCUT2D eigenvalue weighted by Crippen LogP contribution is 2.38. The van der Waals surface area contributed by atoms with Gasteiger partial charge in [-0.1, -0.05) is 0 Å². The standard InChI is InChI=1S/C22H20FN3O3/c23-16-3-4-19-14(7-16)8-17(26(19)12-13-1-2-13)11-25-18-9-15(22(27)28)10-20-21(18)24-5-6-29-20/h3-4,7-11,13,24H,1-2,5-6,12H2,(H,27,28)/b25-11+. The van der Waals surface area contributed by atoms with E-state index in [1.807, 2.05) is 6.07 Å². The van der Waals surface area contributed by atoms with Crippen LogP contribution < -0.4 is 10.1 Å². The molecule has 5 rings (SSSR count). The Balaban J connectivity index is 1.58. The number of hydrogen-bond donors (Lipinski definition) is 2. The lowest BCUT2D eigenvalue weighted by molar-refractivity contribution is 0.0696. The molecular weight excluding hydrogens is 373 g/mol. The average molecular weight is 393 g/mol. The van der Waals surface area contributed by atoms with Crippen molar-refractivity contribution in [1.82, 2.24) is 4.57 Å². The molecule has 0 radical (unpaired) electrons. The fraction of sp³-hybridized carbons (Fsp3) is 0.273. The van der Waals surface area contributed by atoms with Gasteiger partial charge in [-0.05, 0) is 55.2 Å². The minimum Gasteiger partial charge on any atom is -0.489 e. The Morgan fingerprint density at radius 2 is 2.17 bits per heavy atom. The number of hydrogen-bond acceptors (Lipinski definition) is 4. The summed E-state index contributed by atoms with van der Waals surface area (Å²) in [6.07, 6.45) is 4.12. The van der Waals surface area contributed by atoms with Crippen molar-refractivity contribution in [2.45, 2.75) is 19.4 Å². The van der Waals surface area contributed by atoms with Crippen LogP contribution in [0.3, 0.4) is 0 Å². The van der Waals surface area contributed by atoms with Gasteiger partial charge in [0.2, 0.25) is 0 Å². The Bertz CT molecular complexity index is 1150. The number of aromatic nitrogens is 1. The average Bonchev–Trinajstić information content (AvgIpc) is 3.47. The molecule has 1 aliphatic carbocycles. The van der Waals surface area contributed by atoms with Crippen molar-refractivity contribution in [3.05, 3.63) is 53.5 Å². The SMILES string of the molecule is O=C(O)c1cc(/N=C/c2cc3cc(F)ccc3n2CC2CC2)c2c(c1)OCCN2. The van der Waals surface area contributed by atoms with Gasteiger partial charge in [0.15, 0.2) is 0 Å². The molecule has 1 fully saturated rings. The first-order chi connectivity index (χ1) is 14.1. The third kappa shape index (κ3) is 3.44. The summed E-state index contributed by atoms with van der Waals surface area (Å²) >= 11 is 0. The zero-order chi connectivity index (χ0) is 20.0. The number of ether oxygens (including phenoxy) is 1. The second-order valence-corrected chi connectivity index (χ2v) is 7.53. The Hall–Kier alpha value is -3.35. The van der Waals surface area contributed by atoms with Crippen molar-refractivity contribution in [3.63, 3.8) is 0 Å². The molecule has 2 aromatic carbocycles. The van der Waals surface area contributed by atoms with E-state index in [2.05, 4.69) is 14.9 Å². The minimum atomic E-state index is -1.03. The maximum atomic E-state index is 13.7. The third-order valence-electron chi connectivity index (χ3n) is 5.36. The summed E-state index contributed by atoms with van der Waals surface area (Å²) in [4.78, 5) is 16.1. The molecule has 2 aliphatic rings. The molecule has 1 aliphatic heterocycles. The first-order valence-corrected chi connectivity index (χ1v) is 9.69. The highest BCUT2D eigenvalue weighted by molar-refractivity contribution is 5.95. The van der Waals surface area contributed by atoms with Crippen molar-refractivity contribution < 1.29 is 19.0 Å². The molecule has 1 saturated carbocycles. The largest absolute Gasteiger partial charge is 0.489 e. The summed E-state index contributed by atoms with van der Waals surface area (Å²) < 4.78 is 21.5. The van der Waals surface area contributed by atoms with E-state index in [0.717, 1.165) is 23.1 Å². The van der Waals surface area contributed by atoms with E-state index in [0.29, 0.717) is 36.2 Å². The molecule has 0 amide bonds. The molecule has 2 heterocycles. The van der Waals surface area contributed by atoms with Crippen molar-refractivity contribution in [1.29, 1.82) is 0 Å². The second-order valence-electron chi connectivity index (χ2n) is 7.53. The van der Waals surface area contributed by atoms with Crippen LogP contribution in [0.4, 0.5) is 15.8 Å². The van der Waals surface area contributed by atoms with E-state index in [4.69, 9.17) is 4.74 Å². The van der Waals surface area contributed by atoms with Crippen LogP contribution >= 0.6 is 0 Å². The third-order valence-corrected chi connectivity index (χ3v) is 5.36. The summed E-state index contributed by atoms with van der Waals surface area (Å²) in [7, 11) is 0. The lowest BCUT2D eigenvalue weighted by Gasteiger charge is -2.21. The van der Waals surface area contributed by atoms with E-state index in [9.17, 15) is 14.3 Å². The molecule has 6 nitrogen and oxygen atoms in total. The number of fused-ring (bicyclic) bond motifs is 2. The molecule has 1 aromatic heterocycles. The van der Waals surface area contributed by atoms with Gasteiger partial charge in [-0.2, -0.15) is 0 Å². The first kappa shape index (κ1) is 17.7. The number of aliphatic imine (C=N–C) groups is 1. The summed E-state index contributed by atoms with van der Waals surface area (Å²) in [5.41, 5.74) is 3.16. The molecule has 29 heavy (non-hydrogen) atoms. The maximum absolute atomic E-state index is 13.7. The number of carboxylic acids is 1. The van der Waals surface area contributed by atoms with Crippen LogP contribution in [-0.2, 0) is 6.54 Å². The predicted octanol–water partition coefficient (Wildman–Crippen LogP) is 4.44. The number of nitrogens with one attached hydrogen (secondary N) is 1. The molecule has 0 spiro atoms. The zero-order valence-electron chi connectivity index (χ0n) is 15.7. The molecular formula is C22H20FN3O3. The van der Waals surface area contributed by atoms with Crippen LogP contribution in [-0.4, -0.2) is 35.0 Å². The van der Waals surface area contributed by atoms with Crippen LogP contribution in [0.25, 0.3) is 10.9 Å². The van der Waals surface area contributed by atoms with E-state index < -0.39 is 5.97 Å². The van der Waals surface area contributed by atoms with Crippen LogP contribution in [0, 0.1) is 11.7 Å². The minimum absolute atomic E-state index is 0.125. The highest BCUT2D eigenvalue weighted by atomic mass is 19.1. The molecule has 0 saturated heterocycles. The quantitative estimate of drug-likeness (QED) is 0.628. The number of rotatable bonds is 5. The summed E-state index contributed by atoms with van der Waals surface area (Å²) in [5.74, 6) is -0.171. The van der Waals surface area contributed by atoms with Gasteiger partial charge in [0.25, 0.3) is 0 Å². The van der Waals surface area contributed by atoms with Crippen LogP contribution in [0.1, 0.15) is 28.9 Å². The molecule has 0 bridgehead atoms. The number of benzene rings is 2. The summed E-state index contributed by atoms with van der Waals surface area (Å²) in [6.45, 7) is 1.97. The number of halogens is 1. The highest BCUT2D eigenvalue weighted by Gasteiger charge is 2.24. The van der Waals surface area contributed by atoms with Gasteiger partial charge in [0.05, 0.1) is 23.2 Å². The Kier molecular flexibility index (Phi) is 4.23. The topological polar surface area (TPSA) is 75.8 Å². The van der Waals surface area contributed by atoms with Gasteiger partial charge in [-0.25, -0.2) is 9.18 Å². The number of carboxylic acid groups (broad SMARTS) is 1. The fourth-order valence-corrected chi connectivity index (χ4v) is 3.72. The number of carbonyl (C=O) groups is 1. The van der Waals surface area contributed by atoms with Gasteiger partial charge in [-0.15, -0.1) is 0 Å².